The molecule has 1 unspecified atom stereocenters. The van der Waals surface area contributed by atoms with E-state index in [4.69, 9.17) is 5.73 Å². The lowest BCUT2D eigenvalue weighted by molar-refractivity contribution is -0.149. The van der Waals surface area contributed by atoms with Gasteiger partial charge in [0, 0.05) is 6.54 Å². The van der Waals surface area contributed by atoms with E-state index in [-0.39, 0.29) is 12.5 Å². The third kappa shape index (κ3) is 4.35. The van der Waals surface area contributed by atoms with Crippen LogP contribution < -0.4 is 5.73 Å². The molecule has 0 aliphatic heterocycles. The normalized spacial score (nSPS) is 13.4. The zero-order chi connectivity index (χ0) is 15.2. The predicted octanol–water partition coefficient (Wildman–Crippen LogP) is 1.32. The molecule has 2 N–H and O–H groups in total. The molecule has 0 radical (unpaired) electrons. The number of amides is 1. The van der Waals surface area contributed by atoms with Crippen LogP contribution in [0, 0.1) is 0 Å². The third-order valence-electron chi connectivity index (χ3n) is 3.27. The molecule has 1 amide bonds. The van der Waals surface area contributed by atoms with Crippen molar-refractivity contribution in [3.8, 4) is 0 Å². The molecule has 0 saturated carbocycles. The lowest BCUT2D eigenvalue weighted by atomic mass is 9.98. The van der Waals surface area contributed by atoms with Crippen LogP contribution in [0.5, 0.6) is 0 Å². The molecule has 1 atom stereocenters. The maximum atomic E-state index is 12.4. The van der Waals surface area contributed by atoms with Crippen molar-refractivity contribution in [1.29, 1.82) is 0 Å². The third-order valence-corrected chi connectivity index (χ3v) is 3.27. The highest BCUT2D eigenvalue weighted by atomic mass is 16.5. The van der Waals surface area contributed by atoms with Crippen molar-refractivity contribution in [1.82, 2.24) is 4.90 Å². The standard InChI is InChI=1S/C15H22N2O3/c1-4-15(2,16)14(19)17(11-13(18)20-3)10-12-8-6-5-7-9-12/h5-9H,4,10-11,16H2,1-3H3. The maximum Gasteiger partial charge on any atom is 0.325 e. The van der Waals surface area contributed by atoms with E-state index in [1.807, 2.05) is 37.3 Å². The van der Waals surface area contributed by atoms with Crippen molar-refractivity contribution >= 4 is 11.9 Å². The summed E-state index contributed by atoms with van der Waals surface area (Å²) in [7, 11) is 1.30. The minimum absolute atomic E-state index is 0.100. The van der Waals surface area contributed by atoms with Crippen LogP contribution in [0.1, 0.15) is 25.8 Å². The summed E-state index contributed by atoms with van der Waals surface area (Å²) in [6.45, 7) is 3.75. The second kappa shape index (κ2) is 7.05. The minimum Gasteiger partial charge on any atom is -0.468 e. The number of esters is 1. The highest BCUT2D eigenvalue weighted by molar-refractivity contribution is 5.88. The van der Waals surface area contributed by atoms with E-state index in [0.29, 0.717) is 13.0 Å². The number of benzene rings is 1. The summed E-state index contributed by atoms with van der Waals surface area (Å²) >= 11 is 0. The van der Waals surface area contributed by atoms with Gasteiger partial charge in [-0.05, 0) is 18.9 Å². The summed E-state index contributed by atoms with van der Waals surface area (Å²) in [5.41, 5.74) is 5.95. The molecule has 0 aliphatic carbocycles. The fourth-order valence-electron chi connectivity index (χ4n) is 1.74. The molecular formula is C15H22N2O3. The van der Waals surface area contributed by atoms with E-state index in [2.05, 4.69) is 4.74 Å². The molecule has 0 saturated heterocycles. The molecule has 5 heteroatoms. The van der Waals surface area contributed by atoms with Gasteiger partial charge < -0.3 is 15.4 Å². The smallest absolute Gasteiger partial charge is 0.325 e. The number of nitrogens with zero attached hydrogens (tertiary/aromatic N) is 1. The molecule has 0 spiro atoms. The highest BCUT2D eigenvalue weighted by Gasteiger charge is 2.32. The first-order valence-corrected chi connectivity index (χ1v) is 6.59. The number of methoxy groups -OCH3 is 1. The monoisotopic (exact) mass is 278 g/mol. The van der Waals surface area contributed by atoms with Gasteiger partial charge in [0.2, 0.25) is 5.91 Å². The maximum absolute atomic E-state index is 12.4. The van der Waals surface area contributed by atoms with E-state index >= 15 is 0 Å². The zero-order valence-electron chi connectivity index (χ0n) is 12.3. The van der Waals surface area contributed by atoms with Crippen molar-refractivity contribution in [2.24, 2.45) is 5.73 Å². The van der Waals surface area contributed by atoms with Gasteiger partial charge >= 0.3 is 5.97 Å². The Labute approximate surface area is 119 Å². The summed E-state index contributed by atoms with van der Waals surface area (Å²) in [4.78, 5) is 25.4. The predicted molar refractivity (Wildman–Crippen MR) is 76.8 cm³/mol. The van der Waals surface area contributed by atoms with E-state index in [1.165, 1.54) is 12.0 Å². The quantitative estimate of drug-likeness (QED) is 0.796. The van der Waals surface area contributed by atoms with Crippen LogP contribution in [0.2, 0.25) is 0 Å². The minimum atomic E-state index is -0.983. The fourth-order valence-corrected chi connectivity index (χ4v) is 1.74. The molecule has 0 aromatic heterocycles. The lowest BCUT2D eigenvalue weighted by Gasteiger charge is -2.30. The van der Waals surface area contributed by atoms with Crippen LogP contribution in [0.15, 0.2) is 30.3 Å². The van der Waals surface area contributed by atoms with Gasteiger partial charge in [0.25, 0.3) is 0 Å². The SMILES string of the molecule is CCC(C)(N)C(=O)N(CC(=O)OC)Cc1ccccc1. The Kier molecular flexibility index (Phi) is 5.70. The largest absolute Gasteiger partial charge is 0.468 e. The summed E-state index contributed by atoms with van der Waals surface area (Å²) < 4.78 is 4.64. The van der Waals surface area contributed by atoms with E-state index in [1.54, 1.807) is 6.92 Å². The van der Waals surface area contributed by atoms with Crippen LogP contribution in [-0.4, -0.2) is 36.0 Å². The molecule has 1 aromatic rings. The second-order valence-corrected chi connectivity index (χ2v) is 4.99. The van der Waals surface area contributed by atoms with Crippen LogP contribution in [-0.2, 0) is 20.9 Å². The van der Waals surface area contributed by atoms with Crippen LogP contribution in [0.25, 0.3) is 0 Å². The first-order chi connectivity index (χ1) is 9.40. The Bertz CT molecular complexity index is 457. The molecule has 5 nitrogen and oxygen atoms in total. The average Bonchev–Trinajstić information content (AvgIpc) is 2.46. The van der Waals surface area contributed by atoms with E-state index in [0.717, 1.165) is 5.56 Å². The number of rotatable bonds is 6. The first kappa shape index (κ1) is 16.2. The number of ether oxygens (including phenoxy) is 1. The molecule has 0 heterocycles. The molecule has 0 aliphatic rings. The van der Waals surface area contributed by atoms with Crippen LogP contribution >= 0.6 is 0 Å². The summed E-state index contributed by atoms with van der Waals surface area (Å²) in [5, 5.41) is 0. The van der Waals surface area contributed by atoms with Gasteiger partial charge in [0.15, 0.2) is 0 Å². The summed E-state index contributed by atoms with van der Waals surface area (Å²) in [5.74, 6) is -0.713. The fraction of sp³-hybridized carbons (Fsp3) is 0.467. The van der Waals surface area contributed by atoms with Crippen molar-refractivity contribution < 1.29 is 14.3 Å². The van der Waals surface area contributed by atoms with Gasteiger partial charge in [0.1, 0.15) is 6.54 Å². The Morgan fingerprint density at radius 2 is 1.90 bits per heavy atom. The summed E-state index contributed by atoms with van der Waals surface area (Å²) in [6, 6.07) is 9.47. The number of nitrogens with two attached hydrogens (primary N) is 1. The lowest BCUT2D eigenvalue weighted by Crippen LogP contribution is -2.53. The molecule has 1 rings (SSSR count). The molecular weight excluding hydrogens is 256 g/mol. The highest BCUT2D eigenvalue weighted by Crippen LogP contribution is 2.13. The van der Waals surface area contributed by atoms with Gasteiger partial charge in [-0.1, -0.05) is 37.3 Å². The summed E-state index contributed by atoms with van der Waals surface area (Å²) in [6.07, 6.45) is 0.498. The van der Waals surface area contributed by atoms with Crippen LogP contribution in [0.3, 0.4) is 0 Å². The van der Waals surface area contributed by atoms with Gasteiger partial charge in [-0.3, -0.25) is 9.59 Å². The number of carbonyl (C=O) groups is 2. The first-order valence-electron chi connectivity index (χ1n) is 6.59. The Morgan fingerprint density at radius 1 is 1.30 bits per heavy atom. The Balaban J connectivity index is 2.91. The Hall–Kier alpha value is -1.88. The van der Waals surface area contributed by atoms with Crippen molar-refractivity contribution in [2.75, 3.05) is 13.7 Å². The van der Waals surface area contributed by atoms with Crippen molar-refractivity contribution in [2.45, 2.75) is 32.4 Å². The zero-order valence-corrected chi connectivity index (χ0v) is 12.3. The average molecular weight is 278 g/mol. The van der Waals surface area contributed by atoms with E-state index in [9.17, 15) is 9.59 Å². The number of carbonyl (C=O) groups excluding carboxylic acids is 2. The van der Waals surface area contributed by atoms with Gasteiger partial charge in [0.05, 0.1) is 12.6 Å². The number of hydrogen-bond donors (Lipinski definition) is 1. The van der Waals surface area contributed by atoms with E-state index < -0.39 is 11.5 Å². The van der Waals surface area contributed by atoms with Gasteiger partial charge in [-0.25, -0.2) is 0 Å². The molecule has 20 heavy (non-hydrogen) atoms. The Morgan fingerprint density at radius 3 is 2.40 bits per heavy atom. The van der Waals surface area contributed by atoms with Crippen molar-refractivity contribution in [3.63, 3.8) is 0 Å². The molecule has 110 valence electrons. The van der Waals surface area contributed by atoms with Gasteiger partial charge in [-0.15, -0.1) is 0 Å². The second-order valence-electron chi connectivity index (χ2n) is 4.99. The van der Waals surface area contributed by atoms with Crippen molar-refractivity contribution in [3.05, 3.63) is 35.9 Å². The molecule has 1 aromatic carbocycles. The molecule has 0 fully saturated rings. The topological polar surface area (TPSA) is 72.6 Å². The van der Waals surface area contributed by atoms with Crippen LogP contribution in [0.4, 0.5) is 0 Å². The molecule has 0 bridgehead atoms. The van der Waals surface area contributed by atoms with Gasteiger partial charge in [-0.2, -0.15) is 0 Å². The number of hydrogen-bond acceptors (Lipinski definition) is 4.